The zero-order valence-electron chi connectivity index (χ0n) is 24.2. The van der Waals surface area contributed by atoms with E-state index in [1.807, 2.05) is 30.3 Å². The van der Waals surface area contributed by atoms with Gasteiger partial charge in [0, 0.05) is 44.2 Å². The summed E-state index contributed by atoms with van der Waals surface area (Å²) in [4.78, 5) is 70.9. The fourth-order valence-corrected chi connectivity index (χ4v) is 7.04. The minimum absolute atomic E-state index is 0.208. The van der Waals surface area contributed by atoms with Crippen molar-refractivity contribution in [3.8, 4) is 0 Å². The number of carbonyl (C=O) groups excluding carboxylic acids is 5. The molecule has 2 heterocycles. The quantitative estimate of drug-likeness (QED) is 0.158. The first kappa shape index (κ1) is 26.9. The topological polar surface area (TPSA) is 91.8 Å². The second kappa shape index (κ2) is 10.2. The summed E-state index contributed by atoms with van der Waals surface area (Å²) < 4.78 is 0. The number of nitrogens with zero attached hydrogens (tertiary/aromatic N) is 2. The van der Waals surface area contributed by atoms with Crippen molar-refractivity contribution in [1.29, 1.82) is 0 Å². The number of amides is 4. The molecule has 0 aromatic heterocycles. The Bertz CT molecular complexity index is 2040. The Balaban J connectivity index is 1.17. The molecule has 7 heteroatoms. The number of ketones is 1. The first-order valence-corrected chi connectivity index (χ1v) is 15.1. The van der Waals surface area contributed by atoms with E-state index >= 15 is 0 Å². The number of benzene rings is 5. The Hall–Kier alpha value is -5.69. The molecular formula is C38H26N2O5. The summed E-state index contributed by atoms with van der Waals surface area (Å²) >= 11 is 0. The average Bonchev–Trinajstić information content (AvgIpc) is 3.62. The van der Waals surface area contributed by atoms with Crippen molar-refractivity contribution in [2.75, 3.05) is 9.80 Å². The summed E-state index contributed by atoms with van der Waals surface area (Å²) in [5.41, 5.74) is 3.71. The Kier molecular flexibility index (Phi) is 6.10. The molecule has 1 fully saturated rings. The molecule has 0 saturated heterocycles. The highest BCUT2D eigenvalue weighted by molar-refractivity contribution is 6.42. The highest BCUT2D eigenvalue weighted by atomic mass is 16.2. The number of anilines is 2. The van der Waals surface area contributed by atoms with Crippen molar-refractivity contribution in [3.63, 3.8) is 0 Å². The van der Waals surface area contributed by atoms with E-state index in [1.165, 1.54) is 29.4 Å². The monoisotopic (exact) mass is 590 g/mol. The minimum atomic E-state index is -0.592. The van der Waals surface area contributed by atoms with Gasteiger partial charge in [0.2, 0.25) is 0 Å². The van der Waals surface area contributed by atoms with Crippen LogP contribution >= 0.6 is 0 Å². The standard InChI is InChI=1S/C38H26N2O5/c41-34(24-9-2-1-3-10-24)25-11-6-12-27(21-25)40-37(44)30-19-17-28-32-29(18-20-31(33(30)32)38(40)45)36(43)39(35(28)42)26-15-13-23(14-16-26)22-7-4-5-8-22/h1-3,6,9-22H,4-5,7-8H2. The lowest BCUT2D eigenvalue weighted by Gasteiger charge is -2.32. The van der Waals surface area contributed by atoms with Gasteiger partial charge in [-0.25, -0.2) is 9.80 Å². The van der Waals surface area contributed by atoms with E-state index in [2.05, 4.69) is 0 Å². The van der Waals surface area contributed by atoms with Gasteiger partial charge in [-0.2, -0.15) is 0 Å². The van der Waals surface area contributed by atoms with Gasteiger partial charge in [-0.1, -0.05) is 67.4 Å². The molecule has 0 N–H and O–H groups in total. The van der Waals surface area contributed by atoms with E-state index in [9.17, 15) is 24.0 Å². The molecule has 1 saturated carbocycles. The van der Waals surface area contributed by atoms with Crippen molar-refractivity contribution < 1.29 is 24.0 Å². The first-order chi connectivity index (χ1) is 21.9. The second-order valence-corrected chi connectivity index (χ2v) is 11.8. The van der Waals surface area contributed by atoms with Crippen LogP contribution in [0.5, 0.6) is 0 Å². The van der Waals surface area contributed by atoms with E-state index in [1.54, 1.807) is 66.7 Å². The second-order valence-electron chi connectivity index (χ2n) is 11.8. The fraction of sp³-hybridized carbons (Fsp3) is 0.132. The molecule has 0 radical (unpaired) electrons. The maximum Gasteiger partial charge on any atom is 0.265 e. The van der Waals surface area contributed by atoms with Crippen molar-refractivity contribution in [3.05, 3.63) is 142 Å². The van der Waals surface area contributed by atoms with E-state index < -0.39 is 23.6 Å². The zero-order valence-corrected chi connectivity index (χ0v) is 24.2. The van der Waals surface area contributed by atoms with Gasteiger partial charge in [-0.3, -0.25) is 24.0 Å². The summed E-state index contributed by atoms with van der Waals surface area (Å²) in [6, 6.07) is 29.0. The molecule has 1 aliphatic carbocycles. The number of rotatable bonds is 5. The van der Waals surface area contributed by atoms with E-state index in [0.29, 0.717) is 33.5 Å². The number of imide groups is 2. The van der Waals surface area contributed by atoms with Crippen LogP contribution in [-0.4, -0.2) is 29.4 Å². The van der Waals surface area contributed by atoms with Crippen molar-refractivity contribution in [2.24, 2.45) is 0 Å². The molecule has 3 aliphatic rings. The number of hydrogen-bond donors (Lipinski definition) is 0. The largest absolute Gasteiger partial charge is 0.289 e. The normalized spacial score (nSPS) is 16.2. The lowest BCUT2D eigenvalue weighted by molar-refractivity contribution is 0.0873. The van der Waals surface area contributed by atoms with Crippen LogP contribution in [0.3, 0.4) is 0 Å². The lowest BCUT2D eigenvalue weighted by Crippen LogP contribution is -2.43. The molecule has 45 heavy (non-hydrogen) atoms. The van der Waals surface area contributed by atoms with Crippen LogP contribution < -0.4 is 9.80 Å². The van der Waals surface area contributed by atoms with Crippen LogP contribution in [0.25, 0.3) is 10.8 Å². The first-order valence-electron chi connectivity index (χ1n) is 15.1. The predicted octanol–water partition coefficient (Wildman–Crippen LogP) is 7.33. The van der Waals surface area contributed by atoms with Crippen molar-refractivity contribution >= 4 is 51.6 Å². The summed E-state index contributed by atoms with van der Waals surface area (Å²) in [5.74, 6) is -1.91. The van der Waals surface area contributed by atoms with Gasteiger partial charge >= 0.3 is 0 Å². The summed E-state index contributed by atoms with van der Waals surface area (Å²) in [6.07, 6.45) is 4.72. The maximum absolute atomic E-state index is 13.9. The number of hydrogen-bond acceptors (Lipinski definition) is 5. The summed E-state index contributed by atoms with van der Waals surface area (Å²) in [7, 11) is 0. The van der Waals surface area contributed by atoms with E-state index in [-0.39, 0.29) is 33.7 Å². The van der Waals surface area contributed by atoms with Crippen LogP contribution in [0.2, 0.25) is 0 Å². The van der Waals surface area contributed by atoms with Gasteiger partial charge in [0.1, 0.15) is 0 Å². The van der Waals surface area contributed by atoms with Crippen molar-refractivity contribution in [1.82, 2.24) is 0 Å². The lowest BCUT2D eigenvalue weighted by atomic mass is 9.85. The van der Waals surface area contributed by atoms with Crippen LogP contribution in [0.15, 0.2) is 103 Å². The van der Waals surface area contributed by atoms with E-state index in [4.69, 9.17) is 0 Å². The zero-order chi connectivity index (χ0) is 30.8. The molecule has 8 rings (SSSR count). The molecule has 4 amide bonds. The van der Waals surface area contributed by atoms with Gasteiger partial charge in [-0.05, 0) is 72.9 Å². The smallest absolute Gasteiger partial charge is 0.265 e. The summed E-state index contributed by atoms with van der Waals surface area (Å²) in [5, 5.41) is 0.610. The third kappa shape index (κ3) is 4.08. The Morgan fingerprint density at radius 2 is 1.00 bits per heavy atom. The third-order valence-corrected chi connectivity index (χ3v) is 9.28. The molecule has 0 unspecified atom stereocenters. The molecule has 5 aromatic rings. The van der Waals surface area contributed by atoms with Gasteiger partial charge in [0.15, 0.2) is 5.78 Å². The molecule has 5 aromatic carbocycles. The van der Waals surface area contributed by atoms with Crippen LogP contribution in [-0.2, 0) is 0 Å². The van der Waals surface area contributed by atoms with Crippen LogP contribution in [0.4, 0.5) is 11.4 Å². The van der Waals surface area contributed by atoms with Crippen LogP contribution in [0, 0.1) is 0 Å². The van der Waals surface area contributed by atoms with Gasteiger partial charge in [-0.15, -0.1) is 0 Å². The van der Waals surface area contributed by atoms with Crippen LogP contribution in [0.1, 0.15) is 94.5 Å². The van der Waals surface area contributed by atoms with Gasteiger partial charge in [0.05, 0.1) is 11.4 Å². The van der Waals surface area contributed by atoms with Crippen molar-refractivity contribution in [2.45, 2.75) is 31.6 Å². The molecule has 0 atom stereocenters. The molecule has 2 aliphatic heterocycles. The average molecular weight is 591 g/mol. The predicted molar refractivity (Wildman–Crippen MR) is 170 cm³/mol. The Morgan fingerprint density at radius 3 is 1.53 bits per heavy atom. The molecule has 0 bridgehead atoms. The van der Waals surface area contributed by atoms with Gasteiger partial charge < -0.3 is 0 Å². The molecular weight excluding hydrogens is 564 g/mol. The maximum atomic E-state index is 13.9. The fourth-order valence-electron chi connectivity index (χ4n) is 7.04. The Morgan fingerprint density at radius 1 is 0.511 bits per heavy atom. The molecule has 0 spiro atoms. The summed E-state index contributed by atoms with van der Waals surface area (Å²) in [6.45, 7) is 0. The molecule has 7 nitrogen and oxygen atoms in total. The molecule has 218 valence electrons. The highest BCUT2D eigenvalue weighted by Crippen LogP contribution is 2.41. The van der Waals surface area contributed by atoms with E-state index in [0.717, 1.165) is 17.7 Å². The highest BCUT2D eigenvalue weighted by Gasteiger charge is 2.40. The minimum Gasteiger partial charge on any atom is -0.289 e. The SMILES string of the molecule is O=C(c1ccccc1)c1cccc(N2C(=O)c3ccc4c5c(ccc(c35)C2=O)C(=O)N(c2ccc(C3CCCC3)cc2)C4=O)c1. The number of carbonyl (C=O) groups is 5. The van der Waals surface area contributed by atoms with Gasteiger partial charge in [0.25, 0.3) is 23.6 Å². The third-order valence-electron chi connectivity index (χ3n) is 9.28. The Labute approximate surface area is 258 Å².